The molecule has 3 heterocycles. The van der Waals surface area contributed by atoms with Crippen molar-refractivity contribution in [2.24, 2.45) is 7.05 Å². The molecular formula is C13H14N6. The molecule has 0 atom stereocenters. The Bertz CT molecular complexity index is 638. The van der Waals surface area contributed by atoms with E-state index in [0.717, 1.165) is 23.6 Å². The van der Waals surface area contributed by atoms with Gasteiger partial charge in [0, 0.05) is 37.7 Å². The van der Waals surface area contributed by atoms with E-state index in [2.05, 4.69) is 20.4 Å². The molecule has 19 heavy (non-hydrogen) atoms. The Morgan fingerprint density at radius 2 is 2.21 bits per heavy atom. The van der Waals surface area contributed by atoms with E-state index < -0.39 is 0 Å². The van der Waals surface area contributed by atoms with Gasteiger partial charge in [0.05, 0.1) is 18.1 Å². The monoisotopic (exact) mass is 254 g/mol. The first kappa shape index (κ1) is 11.5. The Balaban J connectivity index is 1.66. The Morgan fingerprint density at radius 1 is 1.26 bits per heavy atom. The second-order valence-corrected chi connectivity index (χ2v) is 4.25. The third-order valence-corrected chi connectivity index (χ3v) is 2.77. The molecule has 0 aliphatic heterocycles. The average molecular weight is 254 g/mol. The zero-order chi connectivity index (χ0) is 13.1. The van der Waals surface area contributed by atoms with E-state index in [1.807, 2.05) is 48.5 Å². The maximum absolute atomic E-state index is 4.38. The van der Waals surface area contributed by atoms with Crippen molar-refractivity contribution in [1.29, 1.82) is 0 Å². The summed E-state index contributed by atoms with van der Waals surface area (Å²) in [5, 5.41) is 7.43. The number of pyridine rings is 1. The van der Waals surface area contributed by atoms with Crippen LogP contribution in [-0.4, -0.2) is 24.3 Å². The van der Waals surface area contributed by atoms with Gasteiger partial charge in [-0.1, -0.05) is 0 Å². The summed E-state index contributed by atoms with van der Waals surface area (Å²) in [4.78, 5) is 8.38. The molecular weight excluding hydrogens is 240 g/mol. The standard InChI is InChI=1S/C13H14N6/c1-18-9-11(7-17-18)6-15-12-2-3-13(16-8-12)19-5-4-14-10-19/h2-5,7-10,15H,6H2,1H3. The van der Waals surface area contributed by atoms with Crippen LogP contribution in [0.4, 0.5) is 5.69 Å². The number of imidazole rings is 1. The lowest BCUT2D eigenvalue weighted by molar-refractivity contribution is 0.767. The minimum absolute atomic E-state index is 0.736. The number of nitrogens with one attached hydrogen (secondary N) is 1. The fraction of sp³-hybridized carbons (Fsp3) is 0.154. The van der Waals surface area contributed by atoms with Crippen molar-refractivity contribution in [2.75, 3.05) is 5.32 Å². The second-order valence-electron chi connectivity index (χ2n) is 4.25. The highest BCUT2D eigenvalue weighted by atomic mass is 15.2. The van der Waals surface area contributed by atoms with E-state index in [1.165, 1.54) is 0 Å². The number of rotatable bonds is 4. The molecule has 0 fully saturated rings. The van der Waals surface area contributed by atoms with Gasteiger partial charge in [-0.15, -0.1) is 0 Å². The molecule has 0 radical (unpaired) electrons. The Hall–Kier alpha value is -2.63. The zero-order valence-corrected chi connectivity index (χ0v) is 10.6. The van der Waals surface area contributed by atoms with E-state index in [1.54, 1.807) is 17.2 Å². The van der Waals surface area contributed by atoms with Gasteiger partial charge in [-0.05, 0) is 12.1 Å². The van der Waals surface area contributed by atoms with Crippen LogP contribution in [0.2, 0.25) is 0 Å². The summed E-state index contributed by atoms with van der Waals surface area (Å²) in [5.41, 5.74) is 2.12. The molecule has 0 unspecified atom stereocenters. The summed E-state index contributed by atoms with van der Waals surface area (Å²) in [6.07, 6.45) is 11.0. The first-order valence-electron chi connectivity index (χ1n) is 5.97. The van der Waals surface area contributed by atoms with Gasteiger partial charge in [0.2, 0.25) is 0 Å². The number of aromatic nitrogens is 5. The van der Waals surface area contributed by atoms with Crippen LogP contribution in [0.25, 0.3) is 5.82 Å². The van der Waals surface area contributed by atoms with Crippen LogP contribution in [0.1, 0.15) is 5.56 Å². The fourth-order valence-corrected chi connectivity index (χ4v) is 1.81. The highest BCUT2D eigenvalue weighted by Gasteiger charge is 1.99. The van der Waals surface area contributed by atoms with Crippen molar-refractivity contribution >= 4 is 5.69 Å². The number of anilines is 1. The van der Waals surface area contributed by atoms with Gasteiger partial charge < -0.3 is 5.32 Å². The Morgan fingerprint density at radius 3 is 2.84 bits per heavy atom. The maximum Gasteiger partial charge on any atom is 0.137 e. The average Bonchev–Trinajstić information content (AvgIpc) is 3.08. The number of nitrogens with zero attached hydrogens (tertiary/aromatic N) is 5. The lowest BCUT2D eigenvalue weighted by atomic mass is 10.3. The van der Waals surface area contributed by atoms with Crippen LogP contribution in [0.15, 0.2) is 49.4 Å². The van der Waals surface area contributed by atoms with Crippen LogP contribution in [0.3, 0.4) is 0 Å². The lowest BCUT2D eigenvalue weighted by Crippen LogP contribution is -2.00. The molecule has 96 valence electrons. The van der Waals surface area contributed by atoms with Gasteiger partial charge in [0.25, 0.3) is 0 Å². The second kappa shape index (κ2) is 4.93. The van der Waals surface area contributed by atoms with Gasteiger partial charge in [-0.25, -0.2) is 9.97 Å². The van der Waals surface area contributed by atoms with E-state index in [-0.39, 0.29) is 0 Å². The molecule has 3 aromatic heterocycles. The van der Waals surface area contributed by atoms with Crippen molar-refractivity contribution in [3.8, 4) is 5.82 Å². The van der Waals surface area contributed by atoms with E-state index in [4.69, 9.17) is 0 Å². The minimum atomic E-state index is 0.736. The molecule has 0 saturated heterocycles. The first-order chi connectivity index (χ1) is 9.31. The molecule has 0 aliphatic carbocycles. The van der Waals surface area contributed by atoms with Crippen molar-refractivity contribution in [3.63, 3.8) is 0 Å². The number of aryl methyl sites for hydroxylation is 1. The van der Waals surface area contributed by atoms with Crippen LogP contribution >= 0.6 is 0 Å². The van der Waals surface area contributed by atoms with Crippen molar-refractivity contribution in [3.05, 3.63) is 55.0 Å². The van der Waals surface area contributed by atoms with Crippen LogP contribution in [0.5, 0.6) is 0 Å². The Kier molecular flexibility index (Phi) is 2.97. The summed E-state index contributed by atoms with van der Waals surface area (Å²) in [5.74, 6) is 0.851. The third kappa shape index (κ3) is 2.62. The van der Waals surface area contributed by atoms with Crippen LogP contribution in [0, 0.1) is 0 Å². The van der Waals surface area contributed by atoms with E-state index in [9.17, 15) is 0 Å². The predicted molar refractivity (Wildman–Crippen MR) is 71.9 cm³/mol. The fourth-order valence-electron chi connectivity index (χ4n) is 1.81. The number of hydrogen-bond acceptors (Lipinski definition) is 4. The minimum Gasteiger partial charge on any atom is -0.380 e. The molecule has 1 N–H and O–H groups in total. The molecule has 6 nitrogen and oxygen atoms in total. The summed E-state index contributed by atoms with van der Waals surface area (Å²) >= 11 is 0. The predicted octanol–water partition coefficient (Wildman–Crippen LogP) is 1.61. The molecule has 0 saturated carbocycles. The molecule has 0 amide bonds. The van der Waals surface area contributed by atoms with Crippen molar-refractivity contribution < 1.29 is 0 Å². The molecule has 0 bridgehead atoms. The summed E-state index contributed by atoms with van der Waals surface area (Å²) in [6.45, 7) is 0.736. The quantitative estimate of drug-likeness (QED) is 0.768. The first-order valence-corrected chi connectivity index (χ1v) is 5.97. The molecule has 0 aromatic carbocycles. The molecule has 0 aliphatic rings. The van der Waals surface area contributed by atoms with Crippen LogP contribution in [-0.2, 0) is 13.6 Å². The summed E-state index contributed by atoms with van der Waals surface area (Å²) < 4.78 is 3.66. The van der Waals surface area contributed by atoms with Crippen LogP contribution < -0.4 is 5.32 Å². The topological polar surface area (TPSA) is 60.6 Å². The molecule has 0 spiro atoms. The van der Waals surface area contributed by atoms with Gasteiger partial charge >= 0.3 is 0 Å². The van der Waals surface area contributed by atoms with E-state index >= 15 is 0 Å². The smallest absolute Gasteiger partial charge is 0.137 e. The van der Waals surface area contributed by atoms with Gasteiger partial charge in [0.1, 0.15) is 12.1 Å². The van der Waals surface area contributed by atoms with Crippen molar-refractivity contribution in [2.45, 2.75) is 6.54 Å². The summed E-state index contributed by atoms with van der Waals surface area (Å²) in [7, 11) is 1.91. The third-order valence-electron chi connectivity index (χ3n) is 2.77. The number of hydrogen-bond donors (Lipinski definition) is 1. The van der Waals surface area contributed by atoms with Crippen molar-refractivity contribution in [1.82, 2.24) is 24.3 Å². The van der Waals surface area contributed by atoms with E-state index in [0.29, 0.717) is 0 Å². The molecule has 6 heteroatoms. The largest absolute Gasteiger partial charge is 0.380 e. The highest BCUT2D eigenvalue weighted by Crippen LogP contribution is 2.10. The van der Waals surface area contributed by atoms with Gasteiger partial charge in [-0.2, -0.15) is 5.10 Å². The molecule has 3 rings (SSSR count). The highest BCUT2D eigenvalue weighted by molar-refractivity contribution is 5.44. The van der Waals surface area contributed by atoms with Gasteiger partial charge in [-0.3, -0.25) is 9.25 Å². The van der Waals surface area contributed by atoms with Gasteiger partial charge in [0.15, 0.2) is 0 Å². The normalized spacial score (nSPS) is 10.6. The lowest BCUT2D eigenvalue weighted by Gasteiger charge is -2.06. The maximum atomic E-state index is 4.38. The summed E-state index contributed by atoms with van der Waals surface area (Å²) in [6, 6.07) is 3.95. The SMILES string of the molecule is Cn1cc(CNc2ccc(-n3ccnc3)nc2)cn1. The Labute approximate surface area is 110 Å². The molecule has 3 aromatic rings. The zero-order valence-electron chi connectivity index (χ0n) is 10.6.